The predicted octanol–water partition coefficient (Wildman–Crippen LogP) is 5.43. The molecule has 5 nitrogen and oxygen atoms in total. The smallest absolute Gasteiger partial charge is 0.291 e. The summed E-state index contributed by atoms with van der Waals surface area (Å²) in [5, 5.41) is 6.48. The molecule has 0 saturated heterocycles. The molecule has 1 heterocycles. The van der Waals surface area contributed by atoms with Crippen molar-refractivity contribution in [2.75, 3.05) is 10.6 Å². The lowest BCUT2D eigenvalue weighted by Crippen LogP contribution is -2.27. The standard InChI is InChI=1S/C20H19BrN2O3/c1-20(2,3)19(25)23-14-8-5-7-13(11-14)22-18(24)16-10-12-6-4-9-15(21)17(12)26-16/h4-11H,1-3H3,(H,22,24)(H,23,25). The Kier molecular flexibility index (Phi) is 4.87. The molecule has 0 aliphatic rings. The molecule has 0 unspecified atom stereocenters. The Morgan fingerprint density at radius 3 is 2.27 bits per heavy atom. The van der Waals surface area contributed by atoms with Crippen LogP contribution in [0.1, 0.15) is 31.3 Å². The molecule has 3 rings (SSSR count). The number of benzene rings is 2. The van der Waals surface area contributed by atoms with Crippen molar-refractivity contribution in [2.24, 2.45) is 5.41 Å². The molecule has 1 aromatic heterocycles. The molecule has 6 heteroatoms. The molecule has 2 N–H and O–H groups in total. The van der Waals surface area contributed by atoms with E-state index in [-0.39, 0.29) is 17.6 Å². The van der Waals surface area contributed by atoms with Crippen molar-refractivity contribution in [3.8, 4) is 0 Å². The number of halogens is 1. The summed E-state index contributed by atoms with van der Waals surface area (Å²) in [6.07, 6.45) is 0. The molecule has 0 saturated carbocycles. The van der Waals surface area contributed by atoms with Crippen molar-refractivity contribution in [2.45, 2.75) is 20.8 Å². The topological polar surface area (TPSA) is 71.3 Å². The van der Waals surface area contributed by atoms with E-state index in [1.807, 2.05) is 39.0 Å². The summed E-state index contributed by atoms with van der Waals surface area (Å²) in [4.78, 5) is 24.6. The van der Waals surface area contributed by atoms with E-state index < -0.39 is 5.41 Å². The van der Waals surface area contributed by atoms with Gasteiger partial charge in [0.15, 0.2) is 5.76 Å². The first kappa shape index (κ1) is 18.2. The van der Waals surface area contributed by atoms with Gasteiger partial charge in [0.05, 0.1) is 4.47 Å². The van der Waals surface area contributed by atoms with Gasteiger partial charge in [0, 0.05) is 22.2 Å². The first-order chi connectivity index (χ1) is 12.2. The third-order valence-electron chi connectivity index (χ3n) is 3.78. The number of furan rings is 1. The minimum atomic E-state index is -0.499. The molecular weight excluding hydrogens is 396 g/mol. The van der Waals surface area contributed by atoms with Gasteiger partial charge < -0.3 is 15.1 Å². The minimum Gasteiger partial charge on any atom is -0.450 e. The van der Waals surface area contributed by atoms with Gasteiger partial charge in [0.1, 0.15) is 5.58 Å². The van der Waals surface area contributed by atoms with Crippen molar-refractivity contribution in [1.82, 2.24) is 0 Å². The third-order valence-corrected chi connectivity index (χ3v) is 4.40. The maximum absolute atomic E-state index is 12.5. The van der Waals surface area contributed by atoms with Crippen LogP contribution in [-0.4, -0.2) is 11.8 Å². The molecule has 0 fully saturated rings. The number of anilines is 2. The fourth-order valence-electron chi connectivity index (χ4n) is 2.33. The molecular formula is C20H19BrN2O3. The first-order valence-corrected chi connectivity index (χ1v) is 8.94. The molecule has 0 atom stereocenters. The largest absolute Gasteiger partial charge is 0.450 e. The summed E-state index contributed by atoms with van der Waals surface area (Å²) < 4.78 is 6.44. The van der Waals surface area contributed by atoms with E-state index in [0.717, 1.165) is 9.86 Å². The van der Waals surface area contributed by atoms with Crippen LogP contribution in [0.15, 0.2) is 57.4 Å². The zero-order valence-electron chi connectivity index (χ0n) is 14.7. The highest BCUT2D eigenvalue weighted by Crippen LogP contribution is 2.27. The van der Waals surface area contributed by atoms with Crippen LogP contribution in [0, 0.1) is 5.41 Å². The number of hydrogen-bond donors (Lipinski definition) is 2. The molecule has 134 valence electrons. The second kappa shape index (κ2) is 6.96. The summed E-state index contributed by atoms with van der Waals surface area (Å²) in [6, 6.07) is 14.3. The molecule has 0 aliphatic heterocycles. The Morgan fingerprint density at radius 2 is 1.62 bits per heavy atom. The van der Waals surface area contributed by atoms with Crippen LogP contribution in [0.4, 0.5) is 11.4 Å². The van der Waals surface area contributed by atoms with Crippen molar-refractivity contribution >= 4 is 50.1 Å². The van der Waals surface area contributed by atoms with E-state index in [2.05, 4.69) is 26.6 Å². The van der Waals surface area contributed by atoms with Gasteiger partial charge in [-0.3, -0.25) is 9.59 Å². The molecule has 0 spiro atoms. The number of para-hydroxylation sites is 1. The average Bonchev–Trinajstić information content (AvgIpc) is 3.00. The fourth-order valence-corrected chi connectivity index (χ4v) is 2.79. The zero-order valence-corrected chi connectivity index (χ0v) is 16.3. The summed E-state index contributed by atoms with van der Waals surface area (Å²) in [6.45, 7) is 5.52. The number of rotatable bonds is 3. The number of fused-ring (bicyclic) bond motifs is 1. The SMILES string of the molecule is CC(C)(C)C(=O)Nc1cccc(NC(=O)c2cc3cccc(Br)c3o2)c1. The van der Waals surface area contributed by atoms with Crippen molar-refractivity contribution < 1.29 is 14.0 Å². The van der Waals surface area contributed by atoms with E-state index in [1.54, 1.807) is 30.3 Å². The summed E-state index contributed by atoms with van der Waals surface area (Å²) in [5.74, 6) is -0.230. The lowest BCUT2D eigenvalue weighted by Gasteiger charge is -2.18. The lowest BCUT2D eigenvalue weighted by molar-refractivity contribution is -0.123. The average molecular weight is 415 g/mol. The maximum Gasteiger partial charge on any atom is 0.291 e. The Hall–Kier alpha value is -2.60. The molecule has 2 amide bonds. The number of hydrogen-bond acceptors (Lipinski definition) is 3. The summed E-state index contributed by atoms with van der Waals surface area (Å²) in [7, 11) is 0. The Balaban J connectivity index is 1.77. The van der Waals surface area contributed by atoms with Crippen molar-refractivity contribution in [3.05, 3.63) is 58.8 Å². The van der Waals surface area contributed by atoms with Crippen LogP contribution in [0.5, 0.6) is 0 Å². The van der Waals surface area contributed by atoms with Gasteiger partial charge in [-0.2, -0.15) is 0 Å². The second-order valence-corrected chi connectivity index (χ2v) is 7.86. The Bertz CT molecular complexity index is 986. The van der Waals surface area contributed by atoms with Gasteiger partial charge in [-0.1, -0.05) is 39.0 Å². The third kappa shape index (κ3) is 3.96. The summed E-state index contributed by atoms with van der Waals surface area (Å²) >= 11 is 3.41. The van der Waals surface area contributed by atoms with Crippen LogP contribution < -0.4 is 10.6 Å². The number of carbonyl (C=O) groups is 2. The van der Waals surface area contributed by atoms with Gasteiger partial charge in [-0.15, -0.1) is 0 Å². The minimum absolute atomic E-state index is 0.0943. The van der Waals surface area contributed by atoms with Crippen LogP contribution >= 0.6 is 15.9 Å². The predicted molar refractivity (Wildman–Crippen MR) is 106 cm³/mol. The molecule has 0 aliphatic carbocycles. The van der Waals surface area contributed by atoms with Crippen LogP contribution in [-0.2, 0) is 4.79 Å². The molecule has 26 heavy (non-hydrogen) atoms. The van der Waals surface area contributed by atoms with Crippen LogP contribution in [0.3, 0.4) is 0 Å². The quantitative estimate of drug-likeness (QED) is 0.599. The van der Waals surface area contributed by atoms with E-state index in [9.17, 15) is 9.59 Å². The molecule has 3 aromatic rings. The van der Waals surface area contributed by atoms with E-state index in [4.69, 9.17) is 4.42 Å². The molecule has 0 bridgehead atoms. The van der Waals surface area contributed by atoms with E-state index in [1.165, 1.54) is 0 Å². The molecule has 2 aromatic carbocycles. The maximum atomic E-state index is 12.5. The monoisotopic (exact) mass is 414 g/mol. The summed E-state index contributed by atoms with van der Waals surface area (Å²) in [5.41, 5.74) is 1.32. The zero-order chi connectivity index (χ0) is 18.9. The van der Waals surface area contributed by atoms with Gasteiger partial charge in [-0.05, 0) is 46.3 Å². The van der Waals surface area contributed by atoms with Crippen molar-refractivity contribution in [1.29, 1.82) is 0 Å². The van der Waals surface area contributed by atoms with E-state index >= 15 is 0 Å². The highest BCUT2D eigenvalue weighted by Gasteiger charge is 2.21. The van der Waals surface area contributed by atoms with Gasteiger partial charge >= 0.3 is 0 Å². The molecule has 0 radical (unpaired) electrons. The highest BCUT2D eigenvalue weighted by atomic mass is 79.9. The first-order valence-electron chi connectivity index (χ1n) is 8.15. The Labute approximate surface area is 159 Å². The fraction of sp³-hybridized carbons (Fsp3) is 0.200. The number of carbonyl (C=O) groups excluding carboxylic acids is 2. The highest BCUT2D eigenvalue weighted by molar-refractivity contribution is 9.10. The van der Waals surface area contributed by atoms with Crippen LogP contribution in [0.25, 0.3) is 11.0 Å². The second-order valence-electron chi connectivity index (χ2n) is 7.01. The van der Waals surface area contributed by atoms with Crippen LogP contribution in [0.2, 0.25) is 0 Å². The van der Waals surface area contributed by atoms with Crippen molar-refractivity contribution in [3.63, 3.8) is 0 Å². The van der Waals surface area contributed by atoms with E-state index in [0.29, 0.717) is 17.0 Å². The lowest BCUT2D eigenvalue weighted by atomic mass is 9.95. The number of nitrogens with one attached hydrogen (secondary N) is 2. The van der Waals surface area contributed by atoms with Gasteiger partial charge in [-0.25, -0.2) is 0 Å². The normalized spacial score (nSPS) is 11.4. The Morgan fingerprint density at radius 1 is 0.962 bits per heavy atom. The van der Waals surface area contributed by atoms with Gasteiger partial charge in [0.2, 0.25) is 5.91 Å². The number of amides is 2. The van der Waals surface area contributed by atoms with Gasteiger partial charge in [0.25, 0.3) is 5.91 Å².